The van der Waals surface area contributed by atoms with Crippen molar-refractivity contribution in [1.82, 2.24) is 4.90 Å². The average molecular weight is 460 g/mol. The van der Waals surface area contributed by atoms with Gasteiger partial charge in [-0.25, -0.2) is 0 Å². The Hall–Kier alpha value is -2.21. The highest BCUT2D eigenvalue weighted by molar-refractivity contribution is 7.60. The fourth-order valence-electron chi connectivity index (χ4n) is 4.03. The van der Waals surface area contributed by atoms with Gasteiger partial charge >= 0.3 is 7.44 Å². The van der Waals surface area contributed by atoms with E-state index in [-0.39, 0.29) is 12.8 Å². The summed E-state index contributed by atoms with van der Waals surface area (Å²) in [4.78, 5) is 28.9. The molecule has 0 saturated carbocycles. The molecule has 174 valence electrons. The zero-order valence-electron chi connectivity index (χ0n) is 19.3. The van der Waals surface area contributed by atoms with E-state index in [9.17, 15) is 19.5 Å². The largest absolute Gasteiger partial charge is 0.396 e. The number of aliphatic hydroxyl groups excluding tert-OH is 1. The zero-order chi connectivity index (χ0) is 23.6. The maximum Gasteiger partial charge on any atom is 0.378 e. The number of nitrogens with zero attached hydrogens (tertiary/aromatic N) is 3. The van der Waals surface area contributed by atoms with Gasteiger partial charge in [0.15, 0.2) is 0 Å². The van der Waals surface area contributed by atoms with E-state index in [0.29, 0.717) is 24.9 Å². The molecule has 0 spiro atoms. The lowest BCUT2D eigenvalue weighted by Crippen LogP contribution is -2.25. The second-order valence-electron chi connectivity index (χ2n) is 8.04. The van der Waals surface area contributed by atoms with Gasteiger partial charge in [0.1, 0.15) is 0 Å². The number of aryl methyl sites for hydroxylation is 3. The molecule has 0 fully saturated rings. The third-order valence-corrected chi connectivity index (χ3v) is 7.02. The molecule has 2 aromatic rings. The zero-order valence-corrected chi connectivity index (χ0v) is 20.2. The van der Waals surface area contributed by atoms with E-state index in [1.807, 2.05) is 25.1 Å². The molecule has 7 nitrogen and oxygen atoms in total. The lowest BCUT2D eigenvalue weighted by Gasteiger charge is -2.24. The molecule has 0 saturated heterocycles. The summed E-state index contributed by atoms with van der Waals surface area (Å²) in [5.74, 6) is 0. The van der Waals surface area contributed by atoms with Gasteiger partial charge in [0, 0.05) is 36.1 Å². The van der Waals surface area contributed by atoms with Gasteiger partial charge in [0.2, 0.25) is 0 Å². The Balaban J connectivity index is 2.23. The van der Waals surface area contributed by atoms with Gasteiger partial charge in [-0.05, 0) is 59.1 Å². The SMILES string of the molecule is CCc1ccc(CN(CCCO)Cc2ccc(CP(=O)(N=O)N=O)c(CC)c2)cc1CC. The molecular formula is C24H34N3O4P. The van der Waals surface area contributed by atoms with Crippen LogP contribution >= 0.6 is 7.44 Å². The number of hydrogen-bond donors (Lipinski definition) is 1. The second kappa shape index (κ2) is 12.7. The fourth-order valence-corrected chi connectivity index (χ4v) is 4.93. The lowest BCUT2D eigenvalue weighted by molar-refractivity contribution is 0.212. The van der Waals surface area contributed by atoms with E-state index in [0.717, 1.165) is 37.1 Å². The van der Waals surface area contributed by atoms with Crippen molar-refractivity contribution in [3.05, 3.63) is 79.6 Å². The number of rotatable bonds is 14. The minimum absolute atomic E-state index is 0.136. The molecule has 32 heavy (non-hydrogen) atoms. The fraction of sp³-hybridized carbons (Fsp3) is 0.500. The van der Waals surface area contributed by atoms with Crippen LogP contribution in [0.3, 0.4) is 0 Å². The average Bonchev–Trinajstić information content (AvgIpc) is 2.83. The van der Waals surface area contributed by atoms with Crippen LogP contribution in [0.25, 0.3) is 0 Å². The standard InChI is InChI=1S/C24H34N3O4P/c1-4-21-10-8-19(14-22(21)5-2)16-27(12-7-13-28)17-20-9-11-24(23(6-3)15-20)18-32(31,25-29)26-30/h8-11,14-15,28H,4-7,12-13,16-18H2,1-3H3. The van der Waals surface area contributed by atoms with E-state index < -0.39 is 7.44 Å². The molecule has 2 rings (SSSR count). The van der Waals surface area contributed by atoms with Gasteiger partial charge in [-0.15, -0.1) is 9.81 Å². The molecule has 0 heterocycles. The summed E-state index contributed by atoms with van der Waals surface area (Å²) >= 11 is 0. The Kier molecular flexibility index (Phi) is 10.4. The van der Waals surface area contributed by atoms with Crippen LogP contribution in [0.4, 0.5) is 0 Å². The smallest absolute Gasteiger partial charge is 0.378 e. The summed E-state index contributed by atoms with van der Waals surface area (Å²) in [5.41, 5.74) is 6.69. The highest BCUT2D eigenvalue weighted by Crippen LogP contribution is 2.52. The molecular weight excluding hydrogens is 425 g/mol. The molecule has 0 aliphatic heterocycles. The normalized spacial score (nSPS) is 11.7. The minimum atomic E-state index is -3.96. The second-order valence-corrected chi connectivity index (χ2v) is 10.0. The quantitative estimate of drug-likeness (QED) is 0.277. The molecule has 0 aromatic heterocycles. The van der Waals surface area contributed by atoms with Crippen LogP contribution in [0.1, 0.15) is 60.6 Å². The van der Waals surface area contributed by atoms with Gasteiger partial charge < -0.3 is 5.11 Å². The van der Waals surface area contributed by atoms with Crippen molar-refractivity contribution in [3.8, 4) is 0 Å². The summed E-state index contributed by atoms with van der Waals surface area (Å²) in [5, 5.41) is 9.35. The molecule has 0 unspecified atom stereocenters. The van der Waals surface area contributed by atoms with Crippen molar-refractivity contribution in [3.63, 3.8) is 0 Å². The van der Waals surface area contributed by atoms with Crippen LogP contribution in [-0.2, 0) is 43.1 Å². The number of hydrogen-bond acceptors (Lipinski definition) is 5. The maximum atomic E-state index is 12.1. The Labute approximate surface area is 190 Å². The molecule has 1 N–H and O–H groups in total. The number of aliphatic hydroxyl groups is 1. The van der Waals surface area contributed by atoms with Crippen molar-refractivity contribution in [2.45, 2.75) is 65.7 Å². The molecule has 8 heteroatoms. The first-order valence-electron chi connectivity index (χ1n) is 11.2. The predicted molar refractivity (Wildman–Crippen MR) is 130 cm³/mol. The predicted octanol–water partition coefficient (Wildman–Crippen LogP) is 5.98. The van der Waals surface area contributed by atoms with Crippen LogP contribution in [0.15, 0.2) is 46.3 Å². The third kappa shape index (κ3) is 7.16. The molecule has 2 aromatic carbocycles. The first-order chi connectivity index (χ1) is 15.4. The van der Waals surface area contributed by atoms with Gasteiger partial charge in [-0.2, -0.15) is 0 Å². The van der Waals surface area contributed by atoms with Gasteiger partial charge in [0.05, 0.1) is 6.16 Å². The highest BCUT2D eigenvalue weighted by atomic mass is 31.2. The Morgan fingerprint density at radius 3 is 1.78 bits per heavy atom. The van der Waals surface area contributed by atoms with E-state index in [4.69, 9.17) is 0 Å². The Bertz CT molecular complexity index is 952. The van der Waals surface area contributed by atoms with Crippen molar-refractivity contribution in [1.29, 1.82) is 0 Å². The van der Waals surface area contributed by atoms with Crippen LogP contribution in [-0.4, -0.2) is 23.2 Å². The van der Waals surface area contributed by atoms with Crippen molar-refractivity contribution >= 4 is 7.44 Å². The van der Waals surface area contributed by atoms with Crippen molar-refractivity contribution < 1.29 is 9.67 Å². The first-order valence-corrected chi connectivity index (χ1v) is 13.0. The first kappa shape index (κ1) is 26.0. The minimum Gasteiger partial charge on any atom is -0.396 e. The van der Waals surface area contributed by atoms with E-state index >= 15 is 0 Å². The molecule has 0 aliphatic rings. The van der Waals surface area contributed by atoms with Crippen LogP contribution in [0, 0.1) is 9.81 Å². The molecule has 0 bridgehead atoms. The molecule has 0 atom stereocenters. The maximum absolute atomic E-state index is 12.1. The molecule has 0 radical (unpaired) electrons. The van der Waals surface area contributed by atoms with Crippen molar-refractivity contribution in [2.75, 3.05) is 13.2 Å². The van der Waals surface area contributed by atoms with Crippen molar-refractivity contribution in [2.24, 2.45) is 9.89 Å². The summed E-state index contributed by atoms with van der Waals surface area (Å²) in [6.07, 6.45) is 3.16. The number of benzene rings is 2. The molecule has 0 aliphatic carbocycles. The Morgan fingerprint density at radius 1 is 0.812 bits per heavy atom. The Morgan fingerprint density at radius 2 is 1.31 bits per heavy atom. The van der Waals surface area contributed by atoms with Crippen LogP contribution in [0.2, 0.25) is 0 Å². The van der Waals surface area contributed by atoms with Gasteiger partial charge in [-0.3, -0.25) is 9.46 Å². The summed E-state index contributed by atoms with van der Waals surface area (Å²) in [6.45, 7) is 8.69. The highest BCUT2D eigenvalue weighted by Gasteiger charge is 2.26. The topological polar surface area (TPSA) is 99.4 Å². The van der Waals surface area contributed by atoms with Gasteiger partial charge in [0.25, 0.3) is 0 Å². The molecule has 0 amide bonds. The van der Waals surface area contributed by atoms with E-state index in [2.05, 4.69) is 46.8 Å². The summed E-state index contributed by atoms with van der Waals surface area (Å²) < 4.78 is 12.1. The van der Waals surface area contributed by atoms with E-state index in [1.54, 1.807) is 0 Å². The van der Waals surface area contributed by atoms with Crippen LogP contribution < -0.4 is 0 Å². The summed E-state index contributed by atoms with van der Waals surface area (Å²) in [6, 6.07) is 12.4. The van der Waals surface area contributed by atoms with E-state index in [1.165, 1.54) is 16.7 Å². The van der Waals surface area contributed by atoms with Crippen LogP contribution in [0.5, 0.6) is 0 Å². The third-order valence-electron chi connectivity index (χ3n) is 5.76. The monoisotopic (exact) mass is 459 g/mol. The van der Waals surface area contributed by atoms with Gasteiger partial charge in [-0.1, -0.05) is 57.2 Å². The number of nitroso groups, excluding NO2 is 2. The lowest BCUT2D eigenvalue weighted by atomic mass is 9.99. The summed E-state index contributed by atoms with van der Waals surface area (Å²) in [7, 11) is -3.96.